The molecule has 2 aromatic carbocycles. The van der Waals surface area contributed by atoms with Crippen LogP contribution in [0.5, 0.6) is 0 Å². The first kappa shape index (κ1) is 22.4. The third-order valence-electron chi connectivity index (χ3n) is 5.76. The van der Waals surface area contributed by atoms with E-state index >= 15 is 0 Å². The highest BCUT2D eigenvalue weighted by Gasteiger charge is 2.45. The number of hydrogen-bond acceptors (Lipinski definition) is 4. The normalized spacial score (nSPS) is 17.9. The third-order valence-corrected chi connectivity index (χ3v) is 5.76. The summed E-state index contributed by atoms with van der Waals surface area (Å²) in [6, 6.07) is 23.3. The highest BCUT2D eigenvalue weighted by atomic mass is 16.5. The molecule has 1 aromatic heterocycles. The number of rotatable bonds is 7. The Morgan fingerprint density at radius 3 is 2.58 bits per heavy atom. The van der Waals surface area contributed by atoms with Gasteiger partial charge in [-0.05, 0) is 28.8 Å². The molecule has 0 saturated carbocycles. The van der Waals surface area contributed by atoms with E-state index in [9.17, 15) is 9.59 Å². The molecule has 1 aliphatic rings. The monoisotopic (exact) mass is 441 g/mol. The Morgan fingerprint density at radius 1 is 1.06 bits per heavy atom. The van der Waals surface area contributed by atoms with Crippen molar-refractivity contribution in [2.24, 2.45) is 0 Å². The van der Waals surface area contributed by atoms with Gasteiger partial charge in [-0.1, -0.05) is 66.7 Å². The van der Waals surface area contributed by atoms with Gasteiger partial charge < -0.3 is 15.0 Å². The van der Waals surface area contributed by atoms with Crippen LogP contribution in [0.1, 0.15) is 16.1 Å². The molecule has 1 unspecified atom stereocenters. The Kier molecular flexibility index (Phi) is 6.95. The SMILES string of the molecule is C=CCNC(=O)C1(Cc2ccccc2-c2ccccc2)CN(C(=O)c2ccccn2)CCO1. The Hall–Kier alpha value is -3.77. The van der Waals surface area contributed by atoms with Gasteiger partial charge >= 0.3 is 0 Å². The number of ether oxygens (including phenoxy) is 1. The van der Waals surface area contributed by atoms with Crippen LogP contribution in [-0.4, -0.2) is 53.5 Å². The van der Waals surface area contributed by atoms with Gasteiger partial charge in [0.05, 0.1) is 13.2 Å². The van der Waals surface area contributed by atoms with Gasteiger partial charge in [-0.25, -0.2) is 0 Å². The van der Waals surface area contributed by atoms with Crippen LogP contribution < -0.4 is 5.32 Å². The molecular formula is C27H27N3O3. The van der Waals surface area contributed by atoms with Crippen molar-refractivity contribution < 1.29 is 14.3 Å². The predicted octanol–water partition coefficient (Wildman–Crippen LogP) is 3.50. The molecule has 168 valence electrons. The number of pyridine rings is 1. The lowest BCUT2D eigenvalue weighted by Gasteiger charge is -2.41. The molecule has 6 nitrogen and oxygen atoms in total. The summed E-state index contributed by atoms with van der Waals surface area (Å²) in [5.74, 6) is -0.472. The molecule has 0 radical (unpaired) electrons. The molecular weight excluding hydrogens is 414 g/mol. The average molecular weight is 442 g/mol. The van der Waals surface area contributed by atoms with Crippen molar-refractivity contribution >= 4 is 11.8 Å². The van der Waals surface area contributed by atoms with Crippen LogP contribution in [0.2, 0.25) is 0 Å². The highest BCUT2D eigenvalue weighted by molar-refractivity contribution is 5.94. The summed E-state index contributed by atoms with van der Waals surface area (Å²) < 4.78 is 6.17. The van der Waals surface area contributed by atoms with Crippen LogP contribution in [0, 0.1) is 0 Å². The number of carbonyl (C=O) groups excluding carboxylic acids is 2. The molecule has 0 aliphatic carbocycles. The molecule has 6 heteroatoms. The number of benzene rings is 2. The molecule has 2 amide bonds. The Bertz CT molecular complexity index is 1120. The summed E-state index contributed by atoms with van der Waals surface area (Å²) in [7, 11) is 0. The van der Waals surface area contributed by atoms with Gasteiger partial charge in [0, 0.05) is 25.7 Å². The number of hydrogen-bond donors (Lipinski definition) is 1. The fraction of sp³-hybridized carbons (Fsp3) is 0.222. The van der Waals surface area contributed by atoms with Crippen molar-refractivity contribution in [1.82, 2.24) is 15.2 Å². The van der Waals surface area contributed by atoms with E-state index in [0.717, 1.165) is 16.7 Å². The Labute approximate surface area is 193 Å². The molecule has 1 saturated heterocycles. The molecule has 33 heavy (non-hydrogen) atoms. The van der Waals surface area contributed by atoms with E-state index in [0.29, 0.717) is 25.2 Å². The molecule has 0 bridgehead atoms. The first-order valence-electron chi connectivity index (χ1n) is 11.0. The molecule has 4 rings (SSSR count). The lowest BCUT2D eigenvalue weighted by atomic mass is 9.87. The van der Waals surface area contributed by atoms with Crippen molar-refractivity contribution in [3.63, 3.8) is 0 Å². The fourth-order valence-electron chi connectivity index (χ4n) is 4.14. The second-order valence-corrected chi connectivity index (χ2v) is 7.98. The average Bonchev–Trinajstić information content (AvgIpc) is 2.88. The van der Waals surface area contributed by atoms with Gasteiger partial charge in [-0.15, -0.1) is 6.58 Å². The molecule has 1 fully saturated rings. The lowest BCUT2D eigenvalue weighted by Crippen LogP contribution is -2.62. The maximum atomic E-state index is 13.4. The van der Waals surface area contributed by atoms with Crippen LogP contribution in [0.25, 0.3) is 11.1 Å². The minimum atomic E-state index is -1.23. The third kappa shape index (κ3) is 5.02. The van der Waals surface area contributed by atoms with E-state index in [4.69, 9.17) is 4.74 Å². The first-order valence-corrected chi connectivity index (χ1v) is 11.0. The zero-order valence-electron chi connectivity index (χ0n) is 18.4. The number of amides is 2. The predicted molar refractivity (Wildman–Crippen MR) is 128 cm³/mol. The zero-order valence-corrected chi connectivity index (χ0v) is 18.4. The first-order chi connectivity index (χ1) is 16.1. The van der Waals surface area contributed by atoms with E-state index in [1.165, 1.54) is 0 Å². The molecule has 1 atom stereocenters. The maximum absolute atomic E-state index is 13.4. The maximum Gasteiger partial charge on any atom is 0.272 e. The van der Waals surface area contributed by atoms with Crippen molar-refractivity contribution in [3.8, 4) is 11.1 Å². The van der Waals surface area contributed by atoms with Crippen LogP contribution >= 0.6 is 0 Å². The second kappa shape index (κ2) is 10.2. The van der Waals surface area contributed by atoms with Gasteiger partial charge in [-0.3, -0.25) is 14.6 Å². The molecule has 1 aliphatic heterocycles. The van der Waals surface area contributed by atoms with Crippen LogP contribution in [0.4, 0.5) is 0 Å². The summed E-state index contributed by atoms with van der Waals surface area (Å²) in [5, 5.41) is 2.89. The van der Waals surface area contributed by atoms with Crippen molar-refractivity contribution in [2.45, 2.75) is 12.0 Å². The van der Waals surface area contributed by atoms with Gasteiger partial charge in [0.1, 0.15) is 5.69 Å². The molecule has 2 heterocycles. The van der Waals surface area contributed by atoms with E-state index in [1.807, 2.05) is 54.6 Å². The van der Waals surface area contributed by atoms with Gasteiger partial charge in [0.2, 0.25) is 0 Å². The second-order valence-electron chi connectivity index (χ2n) is 7.98. The van der Waals surface area contributed by atoms with Crippen LogP contribution in [0.3, 0.4) is 0 Å². The number of nitrogens with one attached hydrogen (secondary N) is 1. The number of carbonyl (C=O) groups is 2. The van der Waals surface area contributed by atoms with Crippen LogP contribution in [-0.2, 0) is 16.0 Å². The van der Waals surface area contributed by atoms with Crippen LogP contribution in [0.15, 0.2) is 91.6 Å². The smallest absolute Gasteiger partial charge is 0.272 e. The van der Waals surface area contributed by atoms with Gasteiger partial charge in [0.15, 0.2) is 5.60 Å². The summed E-state index contributed by atoms with van der Waals surface area (Å²) >= 11 is 0. The fourth-order valence-corrected chi connectivity index (χ4v) is 4.14. The quantitative estimate of drug-likeness (QED) is 0.570. The van der Waals surface area contributed by atoms with Crippen molar-refractivity contribution in [3.05, 3.63) is 103 Å². The highest BCUT2D eigenvalue weighted by Crippen LogP contribution is 2.30. The van der Waals surface area contributed by atoms with E-state index in [2.05, 4.69) is 16.9 Å². The zero-order chi connectivity index (χ0) is 23.1. The summed E-state index contributed by atoms with van der Waals surface area (Å²) in [4.78, 5) is 32.4. The minimum Gasteiger partial charge on any atom is -0.361 e. The standard InChI is InChI=1S/C27H27N3O3/c1-2-15-29-26(32)27(19-22-12-6-7-13-23(22)21-10-4-3-5-11-21)20-30(17-18-33-27)25(31)24-14-8-9-16-28-24/h2-14,16H,1,15,17-20H2,(H,29,32). The van der Waals surface area contributed by atoms with Crippen molar-refractivity contribution in [2.75, 3.05) is 26.2 Å². The van der Waals surface area contributed by atoms with Crippen molar-refractivity contribution in [1.29, 1.82) is 0 Å². The summed E-state index contributed by atoms with van der Waals surface area (Å²) in [6.07, 6.45) is 3.55. The van der Waals surface area contributed by atoms with Gasteiger partial charge in [-0.2, -0.15) is 0 Å². The Morgan fingerprint density at radius 2 is 1.82 bits per heavy atom. The number of aromatic nitrogens is 1. The minimum absolute atomic E-state index is 0.133. The topological polar surface area (TPSA) is 71.5 Å². The van der Waals surface area contributed by atoms with Gasteiger partial charge in [0.25, 0.3) is 11.8 Å². The van der Waals surface area contributed by atoms with E-state index in [-0.39, 0.29) is 25.0 Å². The van der Waals surface area contributed by atoms with E-state index < -0.39 is 5.60 Å². The molecule has 3 aromatic rings. The summed E-state index contributed by atoms with van der Waals surface area (Å²) in [5.41, 5.74) is 2.20. The number of nitrogens with zero attached hydrogens (tertiary/aromatic N) is 2. The lowest BCUT2D eigenvalue weighted by molar-refractivity contribution is -0.157. The van der Waals surface area contributed by atoms with E-state index in [1.54, 1.807) is 35.4 Å². The molecule has 1 N–H and O–H groups in total. The Balaban J connectivity index is 1.68. The molecule has 0 spiro atoms. The largest absolute Gasteiger partial charge is 0.361 e. The summed E-state index contributed by atoms with van der Waals surface area (Å²) in [6.45, 7) is 4.80. The number of morpholine rings is 1.